The van der Waals surface area contributed by atoms with E-state index >= 15 is 0 Å². The molecule has 16 heavy (non-hydrogen) atoms. The van der Waals surface area contributed by atoms with Crippen molar-refractivity contribution in [2.75, 3.05) is 13.7 Å². The van der Waals surface area contributed by atoms with Gasteiger partial charge in [-0.05, 0) is 39.0 Å². The molecule has 0 amide bonds. The molecule has 0 aromatic carbocycles. The van der Waals surface area contributed by atoms with Crippen LogP contribution in [0.15, 0.2) is 0 Å². The standard InChI is InChI=1S/C12H20O4/c1-3-15-11(13)10-12(16-10)7-4-5-9(14-2)6-8-12/h9-10H,3-8H2,1-2H3. The first kappa shape index (κ1) is 11.9. The molecule has 1 aliphatic carbocycles. The van der Waals surface area contributed by atoms with Crippen LogP contribution in [-0.4, -0.2) is 37.5 Å². The van der Waals surface area contributed by atoms with Gasteiger partial charge in [0.25, 0.3) is 0 Å². The van der Waals surface area contributed by atoms with Gasteiger partial charge < -0.3 is 14.2 Å². The highest BCUT2D eigenvalue weighted by atomic mass is 16.7. The summed E-state index contributed by atoms with van der Waals surface area (Å²) in [5.41, 5.74) is -0.223. The van der Waals surface area contributed by atoms with Crippen LogP contribution in [0.1, 0.15) is 39.0 Å². The SMILES string of the molecule is CCOC(=O)C1OC12CCCC(OC)CC2. The summed E-state index contributed by atoms with van der Waals surface area (Å²) in [5.74, 6) is -0.196. The van der Waals surface area contributed by atoms with Gasteiger partial charge in [0.05, 0.1) is 12.7 Å². The third kappa shape index (κ3) is 2.23. The van der Waals surface area contributed by atoms with Crippen LogP contribution >= 0.6 is 0 Å². The Hall–Kier alpha value is -0.610. The van der Waals surface area contributed by atoms with Crippen molar-refractivity contribution in [3.05, 3.63) is 0 Å². The molecule has 4 heteroatoms. The molecule has 1 heterocycles. The fourth-order valence-electron chi connectivity index (χ4n) is 2.60. The Morgan fingerprint density at radius 1 is 1.44 bits per heavy atom. The Morgan fingerprint density at radius 3 is 2.94 bits per heavy atom. The number of hydrogen-bond donors (Lipinski definition) is 0. The Morgan fingerprint density at radius 2 is 2.25 bits per heavy atom. The van der Waals surface area contributed by atoms with Gasteiger partial charge >= 0.3 is 5.97 Å². The minimum absolute atomic E-state index is 0.196. The number of epoxide rings is 1. The van der Waals surface area contributed by atoms with Gasteiger partial charge in [0, 0.05) is 7.11 Å². The first-order chi connectivity index (χ1) is 7.72. The topological polar surface area (TPSA) is 48.1 Å². The lowest BCUT2D eigenvalue weighted by Gasteiger charge is -2.11. The summed E-state index contributed by atoms with van der Waals surface area (Å²) in [7, 11) is 1.75. The lowest BCUT2D eigenvalue weighted by atomic mass is 9.96. The fourth-order valence-corrected chi connectivity index (χ4v) is 2.60. The van der Waals surface area contributed by atoms with E-state index in [1.165, 1.54) is 0 Å². The van der Waals surface area contributed by atoms with E-state index in [9.17, 15) is 4.79 Å². The molecule has 1 aliphatic heterocycles. The van der Waals surface area contributed by atoms with Crippen molar-refractivity contribution in [2.24, 2.45) is 0 Å². The zero-order valence-corrected chi connectivity index (χ0v) is 10.0. The molecule has 92 valence electrons. The maximum absolute atomic E-state index is 11.6. The molecular formula is C12H20O4. The van der Waals surface area contributed by atoms with E-state index in [4.69, 9.17) is 14.2 Å². The molecule has 4 nitrogen and oxygen atoms in total. The number of methoxy groups -OCH3 is 1. The van der Waals surface area contributed by atoms with E-state index in [0.29, 0.717) is 12.7 Å². The van der Waals surface area contributed by atoms with Gasteiger partial charge in [-0.1, -0.05) is 0 Å². The minimum atomic E-state index is -0.317. The average Bonchev–Trinajstić information content (AvgIpc) is 3.03. The van der Waals surface area contributed by atoms with Crippen LogP contribution in [0.2, 0.25) is 0 Å². The largest absolute Gasteiger partial charge is 0.464 e. The summed E-state index contributed by atoms with van der Waals surface area (Å²) in [5, 5.41) is 0. The van der Waals surface area contributed by atoms with Crippen molar-refractivity contribution in [1.82, 2.24) is 0 Å². The predicted molar refractivity (Wildman–Crippen MR) is 58.1 cm³/mol. The second kappa shape index (κ2) is 4.72. The molecule has 0 aromatic rings. The number of carbonyl (C=O) groups excluding carboxylic acids is 1. The average molecular weight is 228 g/mol. The molecule has 0 bridgehead atoms. The third-order valence-electron chi connectivity index (χ3n) is 3.62. The molecule has 1 saturated carbocycles. The van der Waals surface area contributed by atoms with Crippen LogP contribution in [0.3, 0.4) is 0 Å². The number of esters is 1. The third-order valence-corrected chi connectivity index (χ3v) is 3.62. The summed E-state index contributed by atoms with van der Waals surface area (Å²) in [6.07, 6.45) is 4.98. The van der Waals surface area contributed by atoms with Crippen LogP contribution in [0.4, 0.5) is 0 Å². The van der Waals surface area contributed by atoms with Gasteiger partial charge in [0.15, 0.2) is 6.10 Å². The van der Waals surface area contributed by atoms with Crippen molar-refractivity contribution in [3.63, 3.8) is 0 Å². The number of ether oxygens (including phenoxy) is 3. The maximum atomic E-state index is 11.6. The van der Waals surface area contributed by atoms with Crippen molar-refractivity contribution < 1.29 is 19.0 Å². The highest BCUT2D eigenvalue weighted by molar-refractivity contribution is 5.79. The monoisotopic (exact) mass is 228 g/mol. The van der Waals surface area contributed by atoms with Crippen molar-refractivity contribution in [2.45, 2.75) is 56.8 Å². The molecule has 2 fully saturated rings. The smallest absolute Gasteiger partial charge is 0.338 e. The lowest BCUT2D eigenvalue weighted by molar-refractivity contribution is -0.144. The van der Waals surface area contributed by atoms with E-state index in [2.05, 4.69) is 0 Å². The Balaban J connectivity index is 1.89. The van der Waals surface area contributed by atoms with Crippen LogP contribution in [-0.2, 0) is 19.0 Å². The molecule has 2 rings (SSSR count). The summed E-state index contributed by atoms with van der Waals surface area (Å²) < 4.78 is 16.0. The van der Waals surface area contributed by atoms with Crippen LogP contribution in [0.5, 0.6) is 0 Å². The highest BCUT2D eigenvalue weighted by Gasteiger charge is 2.61. The van der Waals surface area contributed by atoms with E-state index in [1.54, 1.807) is 7.11 Å². The van der Waals surface area contributed by atoms with E-state index in [-0.39, 0.29) is 17.7 Å². The normalized spacial score (nSPS) is 38.1. The van der Waals surface area contributed by atoms with E-state index in [0.717, 1.165) is 32.1 Å². The lowest BCUT2D eigenvalue weighted by Crippen LogP contribution is -2.22. The quantitative estimate of drug-likeness (QED) is 0.544. The van der Waals surface area contributed by atoms with Gasteiger partial charge in [-0.2, -0.15) is 0 Å². The molecule has 1 saturated heterocycles. The summed E-state index contributed by atoms with van der Waals surface area (Å²) in [6.45, 7) is 2.25. The number of hydrogen-bond acceptors (Lipinski definition) is 4. The van der Waals surface area contributed by atoms with Gasteiger partial charge in [0.2, 0.25) is 0 Å². The zero-order chi connectivity index (χ0) is 11.6. The van der Waals surface area contributed by atoms with Gasteiger partial charge in [-0.25, -0.2) is 4.79 Å². The molecular weight excluding hydrogens is 208 g/mol. The summed E-state index contributed by atoms with van der Waals surface area (Å²) in [6, 6.07) is 0. The van der Waals surface area contributed by atoms with Crippen LogP contribution in [0, 0.1) is 0 Å². The van der Waals surface area contributed by atoms with E-state index < -0.39 is 0 Å². The fraction of sp³-hybridized carbons (Fsp3) is 0.917. The highest BCUT2D eigenvalue weighted by Crippen LogP contribution is 2.47. The summed E-state index contributed by atoms with van der Waals surface area (Å²) in [4.78, 5) is 11.6. The molecule has 2 aliphatic rings. The second-order valence-corrected chi connectivity index (χ2v) is 4.60. The molecule has 0 N–H and O–H groups in total. The Kier molecular flexibility index (Phi) is 3.50. The molecule has 3 unspecified atom stereocenters. The maximum Gasteiger partial charge on any atom is 0.338 e. The Bertz CT molecular complexity index is 266. The first-order valence-corrected chi connectivity index (χ1v) is 6.09. The zero-order valence-electron chi connectivity index (χ0n) is 10.0. The second-order valence-electron chi connectivity index (χ2n) is 4.60. The molecule has 1 spiro atoms. The van der Waals surface area contributed by atoms with Crippen molar-refractivity contribution >= 4 is 5.97 Å². The molecule has 3 atom stereocenters. The predicted octanol–water partition coefficient (Wildman–Crippen LogP) is 1.67. The van der Waals surface area contributed by atoms with Crippen LogP contribution in [0.25, 0.3) is 0 Å². The van der Waals surface area contributed by atoms with Crippen LogP contribution < -0.4 is 0 Å². The summed E-state index contributed by atoms with van der Waals surface area (Å²) >= 11 is 0. The number of carbonyl (C=O) groups is 1. The number of rotatable bonds is 3. The van der Waals surface area contributed by atoms with Crippen molar-refractivity contribution in [1.29, 1.82) is 0 Å². The molecule has 0 radical (unpaired) electrons. The minimum Gasteiger partial charge on any atom is -0.464 e. The van der Waals surface area contributed by atoms with Gasteiger partial charge in [-0.3, -0.25) is 0 Å². The van der Waals surface area contributed by atoms with E-state index in [1.807, 2.05) is 6.92 Å². The van der Waals surface area contributed by atoms with Crippen molar-refractivity contribution in [3.8, 4) is 0 Å². The Labute approximate surface area is 96.2 Å². The van der Waals surface area contributed by atoms with Gasteiger partial charge in [0.1, 0.15) is 5.60 Å². The van der Waals surface area contributed by atoms with Gasteiger partial charge in [-0.15, -0.1) is 0 Å². The first-order valence-electron chi connectivity index (χ1n) is 6.09. The molecule has 0 aromatic heterocycles.